The molecule has 396 valence electrons. The van der Waals surface area contributed by atoms with Gasteiger partial charge < -0.3 is 39.2 Å². The molecule has 4 atom stereocenters. The molecular formula is C52H76N8O8S4. The number of phenolic OH excluding ortho intramolecular Hbond substituents is 1. The number of nitrogens with one attached hydrogen (secondary N) is 2. The van der Waals surface area contributed by atoms with Gasteiger partial charge in [-0.2, -0.15) is 54.0 Å². The number of aromatic hydroxyl groups is 1. The maximum absolute atomic E-state index is 14.7. The number of pyridine rings is 1. The summed E-state index contributed by atoms with van der Waals surface area (Å²) in [5.41, 5.74) is 9.51. The SMILES string of the molecule is C=CC(=O)N1CC[C@H](C(=O)N(C)[C@H](C(=O)N[C@H]2Cc3cc(O)cc(c3)-c3ccc4c(c3)c(c(-c3cc(CN(C)C)cnc3OC)n4CC)CC(C)(C)COC(=O)[C@@H]3CCCN(N3)C2=O)C(C)C)C1.S.S.S.S. The smallest absolute Gasteiger partial charge is 0.324 e. The van der Waals surface area contributed by atoms with Gasteiger partial charge in [-0.05, 0) is 117 Å². The van der Waals surface area contributed by atoms with Crippen molar-refractivity contribution in [3.63, 3.8) is 0 Å². The first-order valence-corrected chi connectivity index (χ1v) is 23.7. The van der Waals surface area contributed by atoms with Gasteiger partial charge in [0.25, 0.3) is 5.91 Å². The Morgan fingerprint density at radius 1 is 1.03 bits per heavy atom. The molecule has 4 amide bonds. The van der Waals surface area contributed by atoms with Gasteiger partial charge in [-0.25, -0.2) is 10.4 Å². The van der Waals surface area contributed by atoms with E-state index < -0.39 is 47.2 Å². The number of methoxy groups -OCH3 is 1. The first-order valence-electron chi connectivity index (χ1n) is 23.7. The molecule has 2 aromatic heterocycles. The van der Waals surface area contributed by atoms with Crippen LogP contribution in [0.15, 0.2) is 61.3 Å². The van der Waals surface area contributed by atoms with Crippen molar-refractivity contribution in [3.8, 4) is 34.0 Å². The number of ether oxygens (including phenoxy) is 2. The minimum Gasteiger partial charge on any atom is -0.508 e. The van der Waals surface area contributed by atoms with Gasteiger partial charge in [0.1, 0.15) is 23.9 Å². The van der Waals surface area contributed by atoms with Crippen LogP contribution in [0, 0.1) is 17.3 Å². The number of benzene rings is 2. The molecule has 72 heavy (non-hydrogen) atoms. The molecule has 0 spiro atoms. The molecule has 0 unspecified atom stereocenters. The van der Waals surface area contributed by atoms with E-state index in [1.165, 1.54) is 16.0 Å². The van der Waals surface area contributed by atoms with Crippen molar-refractivity contribution in [1.29, 1.82) is 0 Å². The molecular weight excluding hydrogens is 993 g/mol. The second kappa shape index (κ2) is 25.9. The highest BCUT2D eigenvalue weighted by Gasteiger charge is 2.40. The maximum Gasteiger partial charge on any atom is 0.324 e. The number of aromatic nitrogens is 2. The van der Waals surface area contributed by atoms with E-state index in [9.17, 15) is 29.1 Å². The number of carbonyl (C=O) groups excluding carboxylic acids is 5. The van der Waals surface area contributed by atoms with E-state index in [0.717, 1.165) is 38.9 Å². The van der Waals surface area contributed by atoms with Crippen LogP contribution in [0.5, 0.6) is 11.6 Å². The molecule has 2 aromatic carbocycles. The Morgan fingerprint density at radius 2 is 1.75 bits per heavy atom. The van der Waals surface area contributed by atoms with Gasteiger partial charge in [0.05, 0.1) is 30.9 Å². The number of esters is 1. The number of hydrazine groups is 1. The Bertz CT molecular complexity index is 2610. The number of likely N-dealkylation sites (tertiary alicyclic amines) is 1. The van der Waals surface area contributed by atoms with Crippen molar-refractivity contribution in [2.75, 3.05) is 54.5 Å². The number of rotatable bonds is 11. The van der Waals surface area contributed by atoms with Gasteiger partial charge in [-0.3, -0.25) is 29.0 Å². The lowest BCUT2D eigenvalue weighted by Crippen LogP contribution is -2.62. The van der Waals surface area contributed by atoms with E-state index >= 15 is 0 Å². The highest BCUT2D eigenvalue weighted by molar-refractivity contribution is 7.59. The average Bonchev–Trinajstić information content (AvgIpc) is 3.92. The lowest BCUT2D eigenvalue weighted by atomic mass is 9.84. The zero-order valence-electron chi connectivity index (χ0n) is 43.1. The third kappa shape index (κ3) is 13.5. The normalized spacial score (nSPS) is 19.1. The standard InChI is InChI=1S/C52H68N8O8.4H2S/c1-11-44(62)58-19-17-35(29-58)49(64)57(9)45(31(3)4)47(63)54-42-23-32-20-36(24-37(61)21-32)34-15-16-43-38(25-34)40(26-52(5,6)30-68-51(66)41-14-13-18-60(55-41)50(42)65)46(59(43)12-2)39-22-33(28-56(7)8)27-53-48(39)67-10;;;;/h11,15-16,20-22,24-25,27,31,35,41-42,45,55,61H,1,12-14,17-19,23,26,28-30H2,2-10H3,(H,54,63);4*1H2/t35-,41-,42-,45-;;;;/m0..../s1. The quantitative estimate of drug-likeness (QED) is 0.123. The summed E-state index contributed by atoms with van der Waals surface area (Å²) in [6.07, 6.45) is 4.95. The van der Waals surface area contributed by atoms with Crippen LogP contribution in [0.25, 0.3) is 33.3 Å². The van der Waals surface area contributed by atoms with E-state index in [2.05, 4.69) is 65.8 Å². The lowest BCUT2D eigenvalue weighted by molar-refractivity contribution is -0.155. The molecule has 2 saturated heterocycles. The van der Waals surface area contributed by atoms with Crippen molar-refractivity contribution in [1.82, 2.24) is 40.0 Å². The van der Waals surface area contributed by atoms with Gasteiger partial charge in [0.15, 0.2) is 0 Å². The van der Waals surface area contributed by atoms with E-state index in [1.54, 1.807) is 31.2 Å². The van der Waals surface area contributed by atoms with Gasteiger partial charge in [0.2, 0.25) is 23.6 Å². The summed E-state index contributed by atoms with van der Waals surface area (Å²) in [5, 5.41) is 16.7. The van der Waals surface area contributed by atoms with Gasteiger partial charge in [-0.1, -0.05) is 46.4 Å². The predicted molar refractivity (Wildman–Crippen MR) is 302 cm³/mol. The number of hydrogen-bond donors (Lipinski definition) is 3. The number of fused-ring (bicyclic) bond motifs is 6. The molecule has 3 aliphatic rings. The molecule has 3 aliphatic heterocycles. The summed E-state index contributed by atoms with van der Waals surface area (Å²) in [6, 6.07) is 10.6. The average molecular weight is 1070 g/mol. The van der Waals surface area contributed by atoms with Crippen LogP contribution in [0.1, 0.15) is 70.6 Å². The fraction of sp³-hybridized carbons (Fsp3) is 0.500. The molecule has 5 heterocycles. The first kappa shape index (κ1) is 61.4. The van der Waals surface area contributed by atoms with Crippen molar-refractivity contribution in [3.05, 3.63) is 78.0 Å². The van der Waals surface area contributed by atoms with Crippen LogP contribution in [-0.4, -0.2) is 137 Å². The zero-order chi connectivity index (χ0) is 49.2. The molecule has 20 heteroatoms. The van der Waals surface area contributed by atoms with E-state index in [-0.39, 0.29) is 104 Å². The molecule has 0 aliphatic carbocycles. The van der Waals surface area contributed by atoms with Crippen LogP contribution in [0.4, 0.5) is 0 Å². The highest BCUT2D eigenvalue weighted by Crippen LogP contribution is 2.43. The molecule has 2 fully saturated rings. The van der Waals surface area contributed by atoms with Gasteiger partial charge in [0, 0.05) is 68.7 Å². The number of aryl methyl sites for hydroxylation is 1. The number of nitrogens with zero attached hydrogens (tertiary/aromatic N) is 6. The van der Waals surface area contributed by atoms with Crippen LogP contribution < -0.4 is 15.5 Å². The van der Waals surface area contributed by atoms with Gasteiger partial charge >= 0.3 is 5.97 Å². The third-order valence-electron chi connectivity index (χ3n) is 13.4. The number of hydrogen-bond acceptors (Lipinski definition) is 11. The molecule has 4 aromatic rings. The van der Waals surface area contributed by atoms with E-state index in [4.69, 9.17) is 14.5 Å². The monoisotopic (exact) mass is 1070 g/mol. The minimum absolute atomic E-state index is 0. The largest absolute Gasteiger partial charge is 0.508 e. The summed E-state index contributed by atoms with van der Waals surface area (Å²) in [4.78, 5) is 79.4. The van der Waals surface area contributed by atoms with Gasteiger partial charge in [-0.15, -0.1) is 0 Å². The maximum atomic E-state index is 14.7. The van der Waals surface area contributed by atoms with Crippen molar-refractivity contribution in [2.24, 2.45) is 17.3 Å². The molecule has 7 rings (SSSR count). The number of cyclic esters (lactones) is 1. The molecule has 0 saturated carbocycles. The summed E-state index contributed by atoms with van der Waals surface area (Å²) >= 11 is 0. The van der Waals surface area contributed by atoms with Crippen molar-refractivity contribution < 1.29 is 38.6 Å². The Hall–Kier alpha value is -4.86. The fourth-order valence-electron chi connectivity index (χ4n) is 10.2. The summed E-state index contributed by atoms with van der Waals surface area (Å²) < 4.78 is 14.3. The summed E-state index contributed by atoms with van der Waals surface area (Å²) in [5.74, 6) is -2.40. The molecule has 0 radical (unpaired) electrons. The van der Waals surface area contributed by atoms with Crippen LogP contribution in [0.3, 0.4) is 0 Å². The molecule has 16 nitrogen and oxygen atoms in total. The molecule has 3 N–H and O–H groups in total. The number of amides is 4. The summed E-state index contributed by atoms with van der Waals surface area (Å²) in [7, 11) is 7.23. The lowest BCUT2D eigenvalue weighted by Gasteiger charge is -2.37. The number of carbonyl (C=O) groups is 5. The first-order chi connectivity index (χ1) is 32.3. The second-order valence-electron chi connectivity index (χ2n) is 20.0. The Kier molecular flexibility index (Phi) is 22.1. The number of likely N-dealkylation sites (N-methyl/N-ethyl adjacent to an activating group) is 1. The van der Waals surface area contributed by atoms with E-state index in [1.807, 2.05) is 46.3 Å². The fourth-order valence-corrected chi connectivity index (χ4v) is 10.2. The van der Waals surface area contributed by atoms with Crippen molar-refractivity contribution in [2.45, 2.75) is 97.9 Å². The third-order valence-corrected chi connectivity index (χ3v) is 13.4. The number of phenols is 1. The molecule has 6 bridgehead atoms. The second-order valence-corrected chi connectivity index (χ2v) is 20.0. The zero-order valence-corrected chi connectivity index (χ0v) is 47.1. The Labute approximate surface area is 452 Å². The van der Waals surface area contributed by atoms with Crippen LogP contribution in [-0.2, 0) is 54.6 Å². The van der Waals surface area contributed by atoms with Crippen molar-refractivity contribution >= 4 is 94.5 Å². The van der Waals surface area contributed by atoms with Crippen LogP contribution >= 0.6 is 54.0 Å². The highest BCUT2D eigenvalue weighted by atomic mass is 32.1. The predicted octanol–water partition coefficient (Wildman–Crippen LogP) is 5.78. The van der Waals surface area contributed by atoms with Crippen LogP contribution in [0.2, 0.25) is 0 Å². The topological polar surface area (TPSA) is 179 Å². The minimum atomic E-state index is -1.17. The Balaban J connectivity index is 0.00000342. The Morgan fingerprint density at radius 3 is 2.40 bits per heavy atom. The van der Waals surface area contributed by atoms with E-state index in [0.29, 0.717) is 62.3 Å². The summed E-state index contributed by atoms with van der Waals surface area (Å²) in [6.45, 7) is 15.8.